The molecule has 1 N–H and O–H groups in total. The molecule has 0 aliphatic carbocycles. The molecule has 13 heavy (non-hydrogen) atoms. The number of amides is 1. The molecule has 0 spiro atoms. The summed E-state index contributed by atoms with van der Waals surface area (Å²) >= 11 is 0. The number of hydrogen-bond acceptors (Lipinski definition) is 1. The van der Waals surface area contributed by atoms with Crippen LogP contribution in [0.25, 0.3) is 0 Å². The zero-order valence-electron chi connectivity index (χ0n) is 8.98. The molecule has 0 saturated heterocycles. The Hall–Kier alpha value is -1.05. The zero-order valence-corrected chi connectivity index (χ0v) is 8.98. The standard InChI is InChI=1S/C11H19NO/c1-6-9(5)11(13)12-10(7-2)8(3)4/h7,9H,3,6H2,1-2,4-5H3,(H,12,13)/b10-7+. The summed E-state index contributed by atoms with van der Waals surface area (Å²) in [6.07, 6.45) is 2.72. The maximum atomic E-state index is 11.5. The van der Waals surface area contributed by atoms with Gasteiger partial charge in [-0.25, -0.2) is 0 Å². The number of carbonyl (C=O) groups is 1. The van der Waals surface area contributed by atoms with Crippen molar-refractivity contribution in [1.82, 2.24) is 5.32 Å². The highest BCUT2D eigenvalue weighted by molar-refractivity contribution is 5.80. The normalized spacial score (nSPS) is 13.7. The Morgan fingerprint density at radius 2 is 2.15 bits per heavy atom. The number of nitrogens with one attached hydrogen (secondary N) is 1. The van der Waals surface area contributed by atoms with E-state index in [1.54, 1.807) is 0 Å². The molecule has 2 heteroatoms. The molecule has 1 amide bonds. The Bertz CT molecular complexity index is 228. The average Bonchev–Trinajstić information content (AvgIpc) is 2.11. The molecule has 0 aromatic carbocycles. The van der Waals surface area contributed by atoms with Crippen LogP contribution < -0.4 is 5.32 Å². The zero-order chi connectivity index (χ0) is 10.4. The van der Waals surface area contributed by atoms with Crippen LogP contribution in [0.3, 0.4) is 0 Å². The van der Waals surface area contributed by atoms with Crippen molar-refractivity contribution in [2.24, 2.45) is 5.92 Å². The maximum absolute atomic E-state index is 11.5. The minimum Gasteiger partial charge on any atom is -0.326 e. The van der Waals surface area contributed by atoms with Crippen molar-refractivity contribution in [2.75, 3.05) is 0 Å². The van der Waals surface area contributed by atoms with E-state index in [0.717, 1.165) is 17.7 Å². The molecule has 0 bridgehead atoms. The van der Waals surface area contributed by atoms with E-state index in [-0.39, 0.29) is 11.8 Å². The summed E-state index contributed by atoms with van der Waals surface area (Å²) in [5.74, 6) is 0.132. The van der Waals surface area contributed by atoms with E-state index in [9.17, 15) is 4.79 Å². The molecule has 0 aromatic rings. The van der Waals surface area contributed by atoms with Crippen LogP contribution in [0.5, 0.6) is 0 Å². The van der Waals surface area contributed by atoms with Crippen molar-refractivity contribution in [1.29, 1.82) is 0 Å². The predicted molar refractivity (Wildman–Crippen MR) is 56.2 cm³/mol. The van der Waals surface area contributed by atoms with Gasteiger partial charge in [-0.3, -0.25) is 4.79 Å². The summed E-state index contributed by atoms with van der Waals surface area (Å²) in [5.41, 5.74) is 1.71. The van der Waals surface area contributed by atoms with Gasteiger partial charge in [0.2, 0.25) is 5.91 Å². The fraction of sp³-hybridized carbons (Fsp3) is 0.545. The van der Waals surface area contributed by atoms with Crippen LogP contribution in [0.2, 0.25) is 0 Å². The summed E-state index contributed by atoms with van der Waals surface area (Å²) < 4.78 is 0. The Labute approximate surface area is 80.7 Å². The third kappa shape index (κ3) is 3.92. The molecule has 1 unspecified atom stereocenters. The number of carbonyl (C=O) groups excluding carboxylic acids is 1. The SMILES string of the molecule is C=C(C)/C(=C\C)NC(=O)C(C)CC. The van der Waals surface area contributed by atoms with E-state index in [4.69, 9.17) is 0 Å². The fourth-order valence-electron chi connectivity index (χ4n) is 0.867. The molecule has 0 aliphatic rings. The Balaban J connectivity index is 4.27. The molecule has 0 rings (SSSR count). The first kappa shape index (κ1) is 11.9. The smallest absolute Gasteiger partial charge is 0.227 e. The van der Waals surface area contributed by atoms with Crippen molar-refractivity contribution in [3.63, 3.8) is 0 Å². The molecule has 0 aromatic heterocycles. The van der Waals surface area contributed by atoms with Gasteiger partial charge in [-0.15, -0.1) is 0 Å². The summed E-state index contributed by atoms with van der Waals surface area (Å²) in [7, 11) is 0. The first-order chi connectivity index (χ1) is 6.02. The van der Waals surface area contributed by atoms with Crippen molar-refractivity contribution in [3.05, 3.63) is 23.9 Å². The van der Waals surface area contributed by atoms with Gasteiger partial charge >= 0.3 is 0 Å². The average molecular weight is 181 g/mol. The van der Waals surface area contributed by atoms with Gasteiger partial charge in [0.25, 0.3) is 0 Å². The first-order valence-electron chi connectivity index (χ1n) is 4.66. The fourth-order valence-corrected chi connectivity index (χ4v) is 0.867. The van der Waals surface area contributed by atoms with Gasteiger partial charge in [-0.1, -0.05) is 26.5 Å². The van der Waals surface area contributed by atoms with Gasteiger partial charge in [-0.05, 0) is 25.8 Å². The van der Waals surface area contributed by atoms with Gasteiger partial charge in [-0.2, -0.15) is 0 Å². The lowest BCUT2D eigenvalue weighted by molar-refractivity contribution is -0.123. The van der Waals surface area contributed by atoms with E-state index in [2.05, 4.69) is 11.9 Å². The first-order valence-corrected chi connectivity index (χ1v) is 4.66. The number of allylic oxidation sites excluding steroid dienone is 2. The highest BCUT2D eigenvalue weighted by atomic mass is 16.1. The molecule has 0 aliphatic heterocycles. The van der Waals surface area contributed by atoms with Crippen LogP contribution in [0.1, 0.15) is 34.1 Å². The summed E-state index contributed by atoms with van der Waals surface area (Å²) in [4.78, 5) is 11.5. The predicted octanol–water partition coefficient (Wildman–Crippen LogP) is 2.63. The minimum absolute atomic E-state index is 0.0642. The Kier molecular flexibility index (Phi) is 5.12. The van der Waals surface area contributed by atoms with Gasteiger partial charge in [0, 0.05) is 11.6 Å². The summed E-state index contributed by atoms with van der Waals surface area (Å²) in [6, 6.07) is 0. The third-order valence-corrected chi connectivity index (χ3v) is 2.07. The molecule has 74 valence electrons. The molecule has 2 nitrogen and oxygen atoms in total. The Morgan fingerprint density at radius 1 is 1.62 bits per heavy atom. The molecule has 0 heterocycles. The monoisotopic (exact) mass is 181 g/mol. The van der Waals surface area contributed by atoms with Crippen LogP contribution >= 0.6 is 0 Å². The second kappa shape index (κ2) is 5.57. The number of rotatable bonds is 4. The lowest BCUT2D eigenvalue weighted by Gasteiger charge is -2.12. The highest BCUT2D eigenvalue weighted by Crippen LogP contribution is 2.06. The van der Waals surface area contributed by atoms with Gasteiger partial charge < -0.3 is 5.32 Å². The lowest BCUT2D eigenvalue weighted by atomic mass is 10.1. The van der Waals surface area contributed by atoms with Gasteiger partial charge in [0.15, 0.2) is 0 Å². The second-order valence-electron chi connectivity index (χ2n) is 3.28. The second-order valence-corrected chi connectivity index (χ2v) is 3.28. The van der Waals surface area contributed by atoms with Gasteiger partial charge in [0.1, 0.15) is 0 Å². The minimum atomic E-state index is 0.0642. The van der Waals surface area contributed by atoms with E-state index in [0.29, 0.717) is 0 Å². The molecule has 0 radical (unpaired) electrons. The van der Waals surface area contributed by atoms with Crippen molar-refractivity contribution < 1.29 is 4.79 Å². The Morgan fingerprint density at radius 3 is 2.46 bits per heavy atom. The third-order valence-electron chi connectivity index (χ3n) is 2.07. The van der Waals surface area contributed by atoms with E-state index in [1.807, 2.05) is 33.8 Å². The van der Waals surface area contributed by atoms with E-state index in [1.165, 1.54) is 0 Å². The molecular formula is C11H19NO. The summed E-state index contributed by atoms with van der Waals surface area (Å²) in [6.45, 7) is 11.5. The van der Waals surface area contributed by atoms with Crippen molar-refractivity contribution in [3.8, 4) is 0 Å². The van der Waals surface area contributed by atoms with Crippen LogP contribution in [-0.4, -0.2) is 5.91 Å². The maximum Gasteiger partial charge on any atom is 0.227 e. The van der Waals surface area contributed by atoms with Crippen LogP contribution in [0.4, 0.5) is 0 Å². The molecule has 0 saturated carbocycles. The number of hydrogen-bond donors (Lipinski definition) is 1. The highest BCUT2D eigenvalue weighted by Gasteiger charge is 2.11. The van der Waals surface area contributed by atoms with E-state index < -0.39 is 0 Å². The summed E-state index contributed by atoms with van der Waals surface area (Å²) in [5, 5.41) is 2.84. The van der Waals surface area contributed by atoms with Crippen LogP contribution in [0.15, 0.2) is 23.9 Å². The topological polar surface area (TPSA) is 29.1 Å². The molecular weight excluding hydrogens is 162 g/mol. The molecule has 1 atom stereocenters. The molecule has 0 fully saturated rings. The van der Waals surface area contributed by atoms with E-state index >= 15 is 0 Å². The van der Waals surface area contributed by atoms with Crippen LogP contribution in [0, 0.1) is 5.92 Å². The quantitative estimate of drug-likeness (QED) is 0.664. The van der Waals surface area contributed by atoms with Crippen molar-refractivity contribution in [2.45, 2.75) is 34.1 Å². The van der Waals surface area contributed by atoms with Crippen LogP contribution in [-0.2, 0) is 4.79 Å². The largest absolute Gasteiger partial charge is 0.326 e. The van der Waals surface area contributed by atoms with Gasteiger partial charge in [0.05, 0.1) is 0 Å². The van der Waals surface area contributed by atoms with Crippen molar-refractivity contribution >= 4 is 5.91 Å². The lowest BCUT2D eigenvalue weighted by Crippen LogP contribution is -2.28.